The highest BCUT2D eigenvalue weighted by Crippen LogP contribution is 2.28. The number of nitrogens with zero attached hydrogens (tertiary/aromatic N) is 1. The molecule has 0 aromatic heterocycles. The minimum atomic E-state index is -0.0758. The molecule has 1 heterocycles. The van der Waals surface area contributed by atoms with Crippen molar-refractivity contribution in [1.82, 2.24) is 10.2 Å². The van der Waals surface area contributed by atoms with Crippen molar-refractivity contribution in [2.75, 3.05) is 33.3 Å². The molecular weight excluding hydrogens is 287 g/mol. The number of ether oxygens (including phenoxy) is 1. The number of rotatable bonds is 3. The van der Waals surface area contributed by atoms with E-state index in [1.54, 1.807) is 13.1 Å². The zero-order valence-corrected chi connectivity index (χ0v) is 12.2. The van der Waals surface area contributed by atoms with Gasteiger partial charge < -0.3 is 10.1 Å². The van der Waals surface area contributed by atoms with Gasteiger partial charge in [0.1, 0.15) is 0 Å². The summed E-state index contributed by atoms with van der Waals surface area (Å²) in [5.41, 5.74) is 0.982. The van der Waals surface area contributed by atoms with Gasteiger partial charge in [-0.2, -0.15) is 0 Å². The summed E-state index contributed by atoms with van der Waals surface area (Å²) in [6.45, 7) is 2.41. The largest absolute Gasteiger partial charge is 0.371 e. The van der Waals surface area contributed by atoms with Gasteiger partial charge in [0.2, 0.25) is 5.91 Å². The van der Waals surface area contributed by atoms with Crippen LogP contribution in [0, 0.1) is 0 Å². The molecule has 0 unspecified atom stereocenters. The quantitative estimate of drug-likeness (QED) is 0.930. The van der Waals surface area contributed by atoms with Gasteiger partial charge in [0.15, 0.2) is 0 Å². The van der Waals surface area contributed by atoms with Crippen molar-refractivity contribution in [3.63, 3.8) is 0 Å². The first-order valence-corrected chi connectivity index (χ1v) is 6.85. The van der Waals surface area contributed by atoms with Gasteiger partial charge in [-0.3, -0.25) is 9.69 Å². The second-order valence-corrected chi connectivity index (χ2v) is 5.26. The van der Waals surface area contributed by atoms with E-state index in [0.29, 0.717) is 29.7 Å². The number of carbonyl (C=O) groups is 1. The van der Waals surface area contributed by atoms with Crippen LogP contribution in [-0.4, -0.2) is 44.1 Å². The van der Waals surface area contributed by atoms with Crippen molar-refractivity contribution in [3.8, 4) is 0 Å². The molecule has 1 fully saturated rings. The molecule has 0 radical (unpaired) electrons. The molecular formula is C13H16Cl2N2O2. The number of morpholine rings is 1. The van der Waals surface area contributed by atoms with Crippen molar-refractivity contribution in [2.24, 2.45) is 0 Å². The summed E-state index contributed by atoms with van der Waals surface area (Å²) in [6, 6.07) is 5.49. The Morgan fingerprint density at radius 1 is 1.47 bits per heavy atom. The summed E-state index contributed by atoms with van der Waals surface area (Å²) in [4.78, 5) is 13.5. The molecule has 104 valence electrons. The van der Waals surface area contributed by atoms with Crippen molar-refractivity contribution in [2.45, 2.75) is 6.10 Å². The monoisotopic (exact) mass is 302 g/mol. The zero-order valence-electron chi connectivity index (χ0n) is 10.7. The Kier molecular flexibility index (Phi) is 5.05. The van der Waals surface area contributed by atoms with Gasteiger partial charge in [-0.25, -0.2) is 0 Å². The van der Waals surface area contributed by atoms with Crippen molar-refractivity contribution >= 4 is 29.1 Å². The molecule has 0 spiro atoms. The van der Waals surface area contributed by atoms with Crippen LogP contribution in [0.25, 0.3) is 0 Å². The lowest BCUT2D eigenvalue weighted by Gasteiger charge is -2.32. The predicted molar refractivity (Wildman–Crippen MR) is 75.7 cm³/mol. The van der Waals surface area contributed by atoms with E-state index in [-0.39, 0.29) is 12.0 Å². The molecule has 2 rings (SSSR count). The van der Waals surface area contributed by atoms with Crippen LogP contribution in [0.1, 0.15) is 11.7 Å². The van der Waals surface area contributed by atoms with Gasteiger partial charge in [0.05, 0.1) is 29.3 Å². The van der Waals surface area contributed by atoms with Crippen LogP contribution < -0.4 is 5.32 Å². The topological polar surface area (TPSA) is 41.6 Å². The smallest absolute Gasteiger partial charge is 0.233 e. The molecule has 0 saturated carbocycles. The maximum Gasteiger partial charge on any atom is 0.233 e. The van der Waals surface area contributed by atoms with Gasteiger partial charge >= 0.3 is 0 Å². The van der Waals surface area contributed by atoms with Gasteiger partial charge in [-0.1, -0.05) is 29.3 Å². The van der Waals surface area contributed by atoms with Gasteiger partial charge in [-0.15, -0.1) is 0 Å². The maximum atomic E-state index is 11.4. The first kappa shape index (κ1) is 14.6. The number of carbonyl (C=O) groups excluding carboxylic acids is 1. The van der Waals surface area contributed by atoms with E-state index in [9.17, 15) is 4.79 Å². The molecule has 1 aliphatic heterocycles. The Morgan fingerprint density at radius 2 is 2.26 bits per heavy atom. The van der Waals surface area contributed by atoms with Crippen LogP contribution in [0.15, 0.2) is 18.2 Å². The Hall–Kier alpha value is -0.810. The Labute approximate surface area is 122 Å². The number of nitrogens with one attached hydrogen (secondary N) is 1. The lowest BCUT2D eigenvalue weighted by atomic mass is 10.1. The van der Waals surface area contributed by atoms with Crippen molar-refractivity contribution in [1.29, 1.82) is 0 Å². The number of halogens is 2. The van der Waals surface area contributed by atoms with Gasteiger partial charge in [0, 0.05) is 20.1 Å². The molecule has 1 saturated heterocycles. The molecule has 6 heteroatoms. The van der Waals surface area contributed by atoms with Crippen molar-refractivity contribution < 1.29 is 9.53 Å². The van der Waals surface area contributed by atoms with Gasteiger partial charge in [0.25, 0.3) is 0 Å². The fourth-order valence-corrected chi connectivity index (χ4v) is 2.35. The van der Waals surface area contributed by atoms with E-state index >= 15 is 0 Å². The summed E-state index contributed by atoms with van der Waals surface area (Å²) in [5.74, 6) is 0.00906. The van der Waals surface area contributed by atoms with E-state index in [2.05, 4.69) is 10.2 Å². The SMILES string of the molecule is CNC(=O)CN1CCO[C@@H](c2ccc(Cl)c(Cl)c2)C1. The third kappa shape index (κ3) is 3.83. The standard InChI is InChI=1S/C13H16Cl2N2O2/c1-16-13(18)8-17-4-5-19-12(7-17)9-2-3-10(14)11(15)6-9/h2-3,6,12H,4-5,7-8H2,1H3,(H,16,18)/t12-/m1/s1. The number of amides is 1. The van der Waals surface area contributed by atoms with Crippen LogP contribution in [0.3, 0.4) is 0 Å². The zero-order chi connectivity index (χ0) is 13.8. The third-order valence-electron chi connectivity index (χ3n) is 3.11. The summed E-state index contributed by atoms with van der Waals surface area (Å²) >= 11 is 11.9. The van der Waals surface area contributed by atoms with Crippen molar-refractivity contribution in [3.05, 3.63) is 33.8 Å². The molecule has 0 bridgehead atoms. The Bertz CT molecular complexity index is 468. The number of likely N-dealkylation sites (N-methyl/N-ethyl adjacent to an activating group) is 1. The Balaban J connectivity index is 2.04. The summed E-state index contributed by atoms with van der Waals surface area (Å²) in [7, 11) is 1.64. The normalized spacial score (nSPS) is 20.3. The van der Waals surface area contributed by atoms with E-state index in [0.717, 1.165) is 12.1 Å². The number of hydrogen-bond donors (Lipinski definition) is 1. The lowest BCUT2D eigenvalue weighted by Crippen LogP contribution is -2.43. The third-order valence-corrected chi connectivity index (χ3v) is 3.85. The van der Waals surface area contributed by atoms with E-state index in [1.165, 1.54) is 0 Å². The molecule has 1 aliphatic rings. The first-order valence-electron chi connectivity index (χ1n) is 6.09. The summed E-state index contributed by atoms with van der Waals surface area (Å²) in [6.07, 6.45) is -0.0758. The molecule has 4 nitrogen and oxygen atoms in total. The van der Waals surface area contributed by atoms with Gasteiger partial charge in [-0.05, 0) is 17.7 Å². The second-order valence-electron chi connectivity index (χ2n) is 4.44. The minimum Gasteiger partial charge on any atom is -0.371 e. The van der Waals surface area contributed by atoms with E-state index in [4.69, 9.17) is 27.9 Å². The van der Waals surface area contributed by atoms with Crippen LogP contribution in [0.2, 0.25) is 10.0 Å². The fourth-order valence-electron chi connectivity index (χ4n) is 2.04. The molecule has 1 N–H and O–H groups in total. The molecule has 1 atom stereocenters. The molecule has 0 aliphatic carbocycles. The lowest BCUT2D eigenvalue weighted by molar-refractivity contribution is -0.123. The fraction of sp³-hybridized carbons (Fsp3) is 0.462. The predicted octanol–water partition coefficient (Wildman–Crippen LogP) is 2.11. The van der Waals surface area contributed by atoms with E-state index in [1.807, 2.05) is 12.1 Å². The van der Waals surface area contributed by atoms with Crippen LogP contribution in [-0.2, 0) is 9.53 Å². The highest BCUT2D eigenvalue weighted by atomic mass is 35.5. The first-order chi connectivity index (χ1) is 9.10. The summed E-state index contributed by atoms with van der Waals surface area (Å²) in [5, 5.41) is 3.67. The highest BCUT2D eigenvalue weighted by molar-refractivity contribution is 6.42. The molecule has 19 heavy (non-hydrogen) atoms. The second kappa shape index (κ2) is 6.57. The number of benzene rings is 1. The molecule has 1 amide bonds. The highest BCUT2D eigenvalue weighted by Gasteiger charge is 2.23. The molecule has 1 aromatic rings. The van der Waals surface area contributed by atoms with Crippen LogP contribution in [0.5, 0.6) is 0 Å². The molecule has 1 aromatic carbocycles. The summed E-state index contributed by atoms with van der Waals surface area (Å²) < 4.78 is 5.73. The van der Waals surface area contributed by atoms with Crippen LogP contribution >= 0.6 is 23.2 Å². The number of hydrogen-bond acceptors (Lipinski definition) is 3. The van der Waals surface area contributed by atoms with Crippen LogP contribution in [0.4, 0.5) is 0 Å². The minimum absolute atomic E-state index is 0.00906. The Morgan fingerprint density at radius 3 is 2.95 bits per heavy atom. The van der Waals surface area contributed by atoms with E-state index < -0.39 is 0 Å². The average Bonchev–Trinajstić information content (AvgIpc) is 2.42. The average molecular weight is 303 g/mol. The maximum absolute atomic E-state index is 11.4.